The van der Waals surface area contributed by atoms with E-state index in [4.69, 9.17) is 9.47 Å². The average Bonchev–Trinajstić information content (AvgIpc) is 2.89. The smallest absolute Gasteiger partial charge is 0.338 e. The van der Waals surface area contributed by atoms with E-state index in [0.717, 1.165) is 0 Å². The first-order valence-electron chi connectivity index (χ1n) is 6.08. The average molecular weight is 276 g/mol. The van der Waals surface area contributed by atoms with Crippen molar-refractivity contribution in [3.63, 3.8) is 0 Å². The summed E-state index contributed by atoms with van der Waals surface area (Å²) in [5, 5.41) is 13.5. The van der Waals surface area contributed by atoms with Crippen LogP contribution in [0.3, 0.4) is 0 Å². The third kappa shape index (κ3) is 2.97. The Hall–Kier alpha value is -2.34. The number of carbonyl (C=O) groups is 1. The summed E-state index contributed by atoms with van der Waals surface area (Å²) in [6.45, 7) is -0.0378. The molecule has 6 heteroatoms. The number of aryl methyl sites for hydroxylation is 1. The third-order valence-electron chi connectivity index (χ3n) is 2.90. The van der Waals surface area contributed by atoms with Gasteiger partial charge in [-0.2, -0.15) is 0 Å². The van der Waals surface area contributed by atoms with Gasteiger partial charge in [-0.05, 0) is 11.6 Å². The molecule has 6 nitrogen and oxygen atoms in total. The van der Waals surface area contributed by atoms with Crippen LogP contribution in [0.2, 0.25) is 0 Å². The maximum absolute atomic E-state index is 11.7. The molecule has 0 aliphatic carbocycles. The fourth-order valence-electron chi connectivity index (χ4n) is 1.87. The molecule has 2 aromatic rings. The van der Waals surface area contributed by atoms with Crippen molar-refractivity contribution in [2.24, 2.45) is 7.05 Å². The summed E-state index contributed by atoms with van der Waals surface area (Å²) in [5.41, 5.74) is 1.62. The number of aliphatic hydroxyl groups excluding tert-OH is 1. The Morgan fingerprint density at radius 2 is 2.20 bits per heavy atom. The minimum atomic E-state index is -0.458. The quantitative estimate of drug-likeness (QED) is 0.833. The van der Waals surface area contributed by atoms with E-state index in [1.807, 2.05) is 0 Å². The minimum Gasteiger partial charge on any atom is -0.472 e. The summed E-state index contributed by atoms with van der Waals surface area (Å²) in [7, 11) is 3.10. The lowest BCUT2D eigenvalue weighted by molar-refractivity contribution is 0.0597. The first-order chi connectivity index (χ1) is 9.65. The molecule has 0 radical (unpaired) electrons. The normalized spacial score (nSPS) is 10.3. The van der Waals surface area contributed by atoms with E-state index in [1.165, 1.54) is 7.11 Å². The van der Waals surface area contributed by atoms with Crippen LogP contribution in [0.1, 0.15) is 21.5 Å². The molecular formula is C14H16N2O4. The zero-order valence-corrected chi connectivity index (χ0v) is 11.4. The van der Waals surface area contributed by atoms with Gasteiger partial charge in [-0.3, -0.25) is 4.68 Å². The molecule has 0 aliphatic rings. The Morgan fingerprint density at radius 3 is 2.80 bits per heavy atom. The van der Waals surface area contributed by atoms with E-state index < -0.39 is 5.97 Å². The van der Waals surface area contributed by atoms with Gasteiger partial charge in [0.2, 0.25) is 5.88 Å². The molecule has 1 aromatic heterocycles. The number of hydrogen-bond donors (Lipinski definition) is 1. The number of benzene rings is 1. The lowest BCUT2D eigenvalue weighted by atomic mass is 10.0. The van der Waals surface area contributed by atoms with E-state index in [2.05, 4.69) is 5.10 Å². The summed E-state index contributed by atoms with van der Waals surface area (Å²) >= 11 is 0. The van der Waals surface area contributed by atoms with Gasteiger partial charge in [-0.15, -0.1) is 5.10 Å². The number of aliphatic hydroxyl groups is 1. The molecule has 2 rings (SSSR count). The summed E-state index contributed by atoms with van der Waals surface area (Å²) in [6, 6.07) is 6.80. The Kier molecular flexibility index (Phi) is 4.37. The van der Waals surface area contributed by atoms with Crippen molar-refractivity contribution in [2.45, 2.75) is 13.2 Å². The van der Waals surface area contributed by atoms with Gasteiger partial charge in [0.05, 0.1) is 19.3 Å². The van der Waals surface area contributed by atoms with E-state index in [9.17, 15) is 9.90 Å². The summed E-state index contributed by atoms with van der Waals surface area (Å²) in [6.07, 6.45) is 1.76. The van der Waals surface area contributed by atoms with Crippen LogP contribution in [-0.2, 0) is 25.0 Å². The molecule has 0 bridgehead atoms. The Labute approximate surface area is 116 Å². The van der Waals surface area contributed by atoms with Crippen LogP contribution in [-0.4, -0.2) is 28.0 Å². The van der Waals surface area contributed by atoms with Gasteiger partial charge in [0.1, 0.15) is 6.61 Å². The Bertz CT molecular complexity index is 607. The molecule has 1 heterocycles. The molecule has 0 saturated heterocycles. The molecule has 20 heavy (non-hydrogen) atoms. The van der Waals surface area contributed by atoms with Crippen molar-refractivity contribution in [1.82, 2.24) is 9.78 Å². The topological polar surface area (TPSA) is 73.6 Å². The molecule has 0 fully saturated rings. The van der Waals surface area contributed by atoms with Crippen LogP contribution in [0.5, 0.6) is 5.88 Å². The molecule has 0 amide bonds. The van der Waals surface area contributed by atoms with Crippen LogP contribution in [0, 0.1) is 0 Å². The van der Waals surface area contributed by atoms with Gasteiger partial charge in [0, 0.05) is 24.9 Å². The third-order valence-corrected chi connectivity index (χ3v) is 2.90. The second-order valence-corrected chi connectivity index (χ2v) is 4.21. The molecule has 1 N–H and O–H groups in total. The predicted molar refractivity (Wildman–Crippen MR) is 71.2 cm³/mol. The van der Waals surface area contributed by atoms with Crippen LogP contribution >= 0.6 is 0 Å². The lowest BCUT2D eigenvalue weighted by Crippen LogP contribution is -2.11. The number of aromatic nitrogens is 2. The first-order valence-corrected chi connectivity index (χ1v) is 6.08. The van der Waals surface area contributed by atoms with Crippen molar-refractivity contribution in [3.8, 4) is 5.88 Å². The summed E-state index contributed by atoms with van der Waals surface area (Å²) in [4.78, 5) is 11.7. The molecule has 1 aromatic carbocycles. The number of ether oxygens (including phenoxy) is 2. The zero-order chi connectivity index (χ0) is 14.5. The molecular weight excluding hydrogens is 260 g/mol. The minimum absolute atomic E-state index is 0.137. The molecule has 0 saturated carbocycles. The standard InChI is InChI=1S/C14H16N2O4/c1-16-7-6-13(15-16)20-9-12-10(8-17)4-3-5-11(12)14(18)19-2/h3-7,17H,8-9H2,1-2H3. The lowest BCUT2D eigenvalue weighted by Gasteiger charge is -2.12. The molecule has 0 atom stereocenters. The van der Waals surface area contributed by atoms with Crippen molar-refractivity contribution in [1.29, 1.82) is 0 Å². The van der Waals surface area contributed by atoms with Crippen LogP contribution in [0.25, 0.3) is 0 Å². The highest BCUT2D eigenvalue weighted by Crippen LogP contribution is 2.19. The number of nitrogens with zero attached hydrogens (tertiary/aromatic N) is 2. The fraction of sp³-hybridized carbons (Fsp3) is 0.286. The Morgan fingerprint density at radius 1 is 1.40 bits per heavy atom. The number of methoxy groups -OCH3 is 1. The van der Waals surface area contributed by atoms with Crippen molar-refractivity contribution >= 4 is 5.97 Å². The molecule has 0 unspecified atom stereocenters. The van der Waals surface area contributed by atoms with E-state index in [-0.39, 0.29) is 13.2 Å². The monoisotopic (exact) mass is 276 g/mol. The van der Waals surface area contributed by atoms with Gasteiger partial charge in [0.25, 0.3) is 0 Å². The van der Waals surface area contributed by atoms with Crippen molar-refractivity contribution in [3.05, 3.63) is 47.2 Å². The maximum atomic E-state index is 11.7. The highest BCUT2D eigenvalue weighted by molar-refractivity contribution is 5.91. The van der Waals surface area contributed by atoms with Crippen LogP contribution in [0.15, 0.2) is 30.5 Å². The number of rotatable bonds is 5. The molecule has 106 valence electrons. The van der Waals surface area contributed by atoms with Gasteiger partial charge in [-0.25, -0.2) is 4.79 Å². The zero-order valence-electron chi connectivity index (χ0n) is 11.4. The van der Waals surface area contributed by atoms with E-state index in [0.29, 0.717) is 22.6 Å². The number of hydrogen-bond acceptors (Lipinski definition) is 5. The second-order valence-electron chi connectivity index (χ2n) is 4.21. The highest BCUT2D eigenvalue weighted by atomic mass is 16.5. The van der Waals surface area contributed by atoms with E-state index in [1.54, 1.807) is 42.2 Å². The SMILES string of the molecule is COC(=O)c1cccc(CO)c1COc1ccn(C)n1. The molecule has 0 spiro atoms. The number of esters is 1. The van der Waals surface area contributed by atoms with E-state index >= 15 is 0 Å². The van der Waals surface area contributed by atoms with Gasteiger partial charge < -0.3 is 14.6 Å². The van der Waals surface area contributed by atoms with Crippen molar-refractivity contribution in [2.75, 3.05) is 7.11 Å². The number of carbonyl (C=O) groups excluding carboxylic acids is 1. The summed E-state index contributed by atoms with van der Waals surface area (Å²) in [5.74, 6) is -0.00372. The predicted octanol–water partition coefficient (Wildman–Crippen LogP) is 1.28. The maximum Gasteiger partial charge on any atom is 0.338 e. The van der Waals surface area contributed by atoms with Gasteiger partial charge in [0.15, 0.2) is 0 Å². The molecule has 0 aliphatic heterocycles. The Balaban J connectivity index is 2.26. The van der Waals surface area contributed by atoms with Crippen molar-refractivity contribution < 1.29 is 19.4 Å². The van der Waals surface area contributed by atoms with Crippen LogP contribution in [0.4, 0.5) is 0 Å². The highest BCUT2D eigenvalue weighted by Gasteiger charge is 2.15. The largest absolute Gasteiger partial charge is 0.472 e. The fourth-order valence-corrected chi connectivity index (χ4v) is 1.87. The van der Waals surface area contributed by atoms with Gasteiger partial charge >= 0.3 is 5.97 Å². The van der Waals surface area contributed by atoms with Crippen LogP contribution < -0.4 is 4.74 Å². The first kappa shape index (κ1) is 14.1. The second kappa shape index (κ2) is 6.21. The summed E-state index contributed by atoms with van der Waals surface area (Å²) < 4.78 is 11.9. The van der Waals surface area contributed by atoms with Gasteiger partial charge in [-0.1, -0.05) is 12.1 Å².